The molecule has 0 aromatic carbocycles. The summed E-state index contributed by atoms with van der Waals surface area (Å²) in [5.41, 5.74) is 0.698. The van der Waals surface area contributed by atoms with Crippen molar-refractivity contribution >= 4 is 22.4 Å². The van der Waals surface area contributed by atoms with Gasteiger partial charge >= 0.3 is 5.97 Å². The first-order valence-electron chi connectivity index (χ1n) is 5.41. The zero-order valence-corrected chi connectivity index (χ0v) is 11.4. The molecule has 0 saturated carbocycles. The molecule has 1 aromatic rings. The number of hydrogen-bond acceptors (Lipinski definition) is 6. The van der Waals surface area contributed by atoms with E-state index < -0.39 is 0 Å². The molecule has 1 aromatic heterocycles. The van der Waals surface area contributed by atoms with Crippen molar-refractivity contribution in [2.24, 2.45) is 0 Å². The second-order valence-electron chi connectivity index (χ2n) is 3.69. The molecule has 6 heteroatoms. The maximum Gasteiger partial charge on any atom is 0.350 e. The van der Waals surface area contributed by atoms with Crippen LogP contribution in [-0.4, -0.2) is 37.8 Å². The van der Waals surface area contributed by atoms with Gasteiger partial charge in [0.05, 0.1) is 18.9 Å². The number of ether oxygens (including phenoxy) is 2. The third-order valence-electron chi connectivity index (χ3n) is 2.40. The van der Waals surface area contributed by atoms with Gasteiger partial charge in [-0.1, -0.05) is 11.3 Å². The lowest BCUT2D eigenvalue weighted by Gasteiger charge is -2.08. The number of nitrogens with one attached hydrogen (secondary N) is 1. The van der Waals surface area contributed by atoms with Crippen LogP contribution < -0.4 is 5.32 Å². The molecule has 0 aliphatic rings. The van der Waals surface area contributed by atoms with Crippen LogP contribution in [0.4, 0.5) is 5.13 Å². The van der Waals surface area contributed by atoms with Crippen LogP contribution in [0.2, 0.25) is 0 Å². The fraction of sp³-hybridized carbons (Fsp3) is 0.636. The van der Waals surface area contributed by atoms with Crippen molar-refractivity contribution < 1.29 is 14.3 Å². The standard InChI is InChI=1S/C11H18N2O3S/c1-7(15-3)5-6-12-11-13-8(2)9(17-11)10(14)16-4/h7H,5-6H2,1-4H3,(H,12,13). The number of rotatable bonds is 6. The summed E-state index contributed by atoms with van der Waals surface area (Å²) in [4.78, 5) is 16.2. The van der Waals surface area contributed by atoms with Gasteiger partial charge in [-0.05, 0) is 20.3 Å². The molecule has 0 saturated heterocycles. The minimum Gasteiger partial charge on any atom is -0.465 e. The summed E-state index contributed by atoms with van der Waals surface area (Å²) in [7, 11) is 3.06. The molecule has 1 unspecified atom stereocenters. The third kappa shape index (κ3) is 3.98. The Balaban J connectivity index is 2.53. The van der Waals surface area contributed by atoms with Gasteiger partial charge in [0.25, 0.3) is 0 Å². The fourth-order valence-corrected chi connectivity index (χ4v) is 2.16. The topological polar surface area (TPSA) is 60.5 Å². The van der Waals surface area contributed by atoms with Crippen LogP contribution in [0.25, 0.3) is 0 Å². The molecular weight excluding hydrogens is 240 g/mol. The average molecular weight is 258 g/mol. The van der Waals surface area contributed by atoms with Crippen molar-refractivity contribution in [2.75, 3.05) is 26.1 Å². The Kier molecular flexibility index (Phi) is 5.37. The van der Waals surface area contributed by atoms with Crippen LogP contribution in [0.15, 0.2) is 0 Å². The Morgan fingerprint density at radius 2 is 2.24 bits per heavy atom. The van der Waals surface area contributed by atoms with Gasteiger partial charge in [0.2, 0.25) is 0 Å². The third-order valence-corrected chi connectivity index (χ3v) is 3.49. The molecule has 1 heterocycles. The van der Waals surface area contributed by atoms with E-state index in [4.69, 9.17) is 4.74 Å². The lowest BCUT2D eigenvalue weighted by Crippen LogP contribution is -2.12. The predicted molar refractivity (Wildman–Crippen MR) is 67.8 cm³/mol. The summed E-state index contributed by atoms with van der Waals surface area (Å²) >= 11 is 1.31. The van der Waals surface area contributed by atoms with Gasteiger partial charge in [0.15, 0.2) is 5.13 Å². The lowest BCUT2D eigenvalue weighted by atomic mass is 10.3. The number of aryl methyl sites for hydroxylation is 1. The van der Waals surface area contributed by atoms with E-state index in [1.165, 1.54) is 18.4 Å². The van der Waals surface area contributed by atoms with Crippen LogP contribution in [0.5, 0.6) is 0 Å². The molecule has 0 radical (unpaired) electrons. The van der Waals surface area contributed by atoms with Crippen molar-refractivity contribution in [1.29, 1.82) is 0 Å². The van der Waals surface area contributed by atoms with E-state index in [1.54, 1.807) is 14.0 Å². The Labute approximate surface area is 105 Å². The SMILES string of the molecule is COC(=O)c1sc(NCCC(C)OC)nc1C. The van der Waals surface area contributed by atoms with Gasteiger partial charge < -0.3 is 14.8 Å². The Morgan fingerprint density at radius 1 is 1.53 bits per heavy atom. The molecule has 1 atom stereocenters. The molecule has 17 heavy (non-hydrogen) atoms. The number of carbonyl (C=O) groups is 1. The molecule has 0 aliphatic carbocycles. The van der Waals surface area contributed by atoms with Crippen molar-refractivity contribution in [3.8, 4) is 0 Å². The van der Waals surface area contributed by atoms with Crippen molar-refractivity contribution in [3.05, 3.63) is 10.6 Å². The number of aromatic nitrogens is 1. The first-order valence-corrected chi connectivity index (χ1v) is 6.22. The van der Waals surface area contributed by atoms with Crippen LogP contribution in [0.3, 0.4) is 0 Å². The number of anilines is 1. The number of carbonyl (C=O) groups excluding carboxylic acids is 1. The molecule has 0 aliphatic heterocycles. The Bertz CT molecular complexity index is 379. The highest BCUT2D eigenvalue weighted by molar-refractivity contribution is 7.17. The van der Waals surface area contributed by atoms with Gasteiger partial charge in [-0.15, -0.1) is 0 Å². The van der Waals surface area contributed by atoms with Crippen LogP contribution in [0, 0.1) is 6.92 Å². The quantitative estimate of drug-likeness (QED) is 0.792. The highest BCUT2D eigenvalue weighted by Crippen LogP contribution is 2.23. The van der Waals surface area contributed by atoms with Gasteiger partial charge in [-0.2, -0.15) is 0 Å². The minimum atomic E-state index is -0.335. The smallest absolute Gasteiger partial charge is 0.350 e. The summed E-state index contributed by atoms with van der Waals surface area (Å²) in [5.74, 6) is -0.335. The normalized spacial score (nSPS) is 12.2. The number of nitrogens with zero attached hydrogens (tertiary/aromatic N) is 1. The largest absolute Gasteiger partial charge is 0.465 e. The summed E-state index contributed by atoms with van der Waals surface area (Å²) in [6, 6.07) is 0. The van der Waals surface area contributed by atoms with E-state index in [2.05, 4.69) is 15.0 Å². The molecular formula is C11H18N2O3S. The maximum absolute atomic E-state index is 11.4. The molecule has 0 spiro atoms. The van der Waals surface area contributed by atoms with E-state index in [9.17, 15) is 4.79 Å². The van der Waals surface area contributed by atoms with Crippen molar-refractivity contribution in [2.45, 2.75) is 26.4 Å². The molecule has 0 bridgehead atoms. The second-order valence-corrected chi connectivity index (χ2v) is 4.69. The van der Waals surface area contributed by atoms with Gasteiger partial charge in [0.1, 0.15) is 4.88 Å². The number of thiazole rings is 1. The first-order chi connectivity index (χ1) is 8.08. The predicted octanol–water partition coefficient (Wildman–Crippen LogP) is 2.08. The van der Waals surface area contributed by atoms with Gasteiger partial charge in [-0.25, -0.2) is 9.78 Å². The Morgan fingerprint density at radius 3 is 2.82 bits per heavy atom. The summed E-state index contributed by atoms with van der Waals surface area (Å²) < 4.78 is 9.82. The van der Waals surface area contributed by atoms with Crippen LogP contribution >= 0.6 is 11.3 Å². The monoisotopic (exact) mass is 258 g/mol. The zero-order chi connectivity index (χ0) is 12.8. The Hall–Kier alpha value is -1.14. The number of esters is 1. The van der Waals surface area contributed by atoms with Gasteiger partial charge in [0, 0.05) is 13.7 Å². The van der Waals surface area contributed by atoms with Crippen LogP contribution in [-0.2, 0) is 9.47 Å². The average Bonchev–Trinajstić information content (AvgIpc) is 2.69. The molecule has 5 nitrogen and oxygen atoms in total. The van der Waals surface area contributed by atoms with Crippen molar-refractivity contribution in [3.63, 3.8) is 0 Å². The summed E-state index contributed by atoms with van der Waals surface area (Å²) in [6.07, 6.45) is 1.10. The number of methoxy groups -OCH3 is 2. The number of hydrogen-bond donors (Lipinski definition) is 1. The van der Waals surface area contributed by atoms with Gasteiger partial charge in [-0.3, -0.25) is 0 Å². The second kappa shape index (κ2) is 6.56. The fourth-order valence-electron chi connectivity index (χ4n) is 1.25. The lowest BCUT2D eigenvalue weighted by molar-refractivity contribution is 0.0605. The zero-order valence-electron chi connectivity index (χ0n) is 10.6. The molecule has 96 valence electrons. The highest BCUT2D eigenvalue weighted by atomic mass is 32.1. The van der Waals surface area contributed by atoms with Crippen molar-refractivity contribution in [1.82, 2.24) is 4.98 Å². The molecule has 1 rings (SSSR count). The van der Waals surface area contributed by atoms with E-state index >= 15 is 0 Å². The van der Waals surface area contributed by atoms with E-state index in [-0.39, 0.29) is 12.1 Å². The van der Waals surface area contributed by atoms with E-state index in [0.29, 0.717) is 10.6 Å². The van der Waals surface area contributed by atoms with E-state index in [1.807, 2.05) is 6.92 Å². The molecule has 0 amide bonds. The minimum absolute atomic E-state index is 0.212. The summed E-state index contributed by atoms with van der Waals surface area (Å²) in [6.45, 7) is 4.57. The highest BCUT2D eigenvalue weighted by Gasteiger charge is 2.15. The maximum atomic E-state index is 11.4. The van der Waals surface area contributed by atoms with Crippen LogP contribution in [0.1, 0.15) is 28.7 Å². The van der Waals surface area contributed by atoms with E-state index in [0.717, 1.165) is 18.1 Å². The molecule has 0 fully saturated rings. The summed E-state index contributed by atoms with van der Waals surface area (Å²) in [5, 5.41) is 3.91. The first kappa shape index (κ1) is 13.9. The molecule has 1 N–H and O–H groups in total.